The number of aryl methyl sites for hydroxylation is 1. The van der Waals surface area contributed by atoms with Crippen molar-refractivity contribution in [3.05, 3.63) is 82.4 Å². The molecular weight excluding hydrogens is 414 g/mol. The highest BCUT2D eigenvalue weighted by Crippen LogP contribution is 2.28. The second-order valence-electron chi connectivity index (χ2n) is 8.72. The summed E-state index contributed by atoms with van der Waals surface area (Å²) in [4.78, 5) is 12.6. The molecule has 1 aliphatic rings. The number of hydrogen-bond acceptors (Lipinski definition) is 5. The zero-order valence-electron chi connectivity index (χ0n) is 18.8. The number of ether oxygens (including phenoxy) is 1. The quantitative estimate of drug-likeness (QED) is 0.374. The lowest BCUT2D eigenvalue weighted by molar-refractivity contribution is 0.299. The van der Waals surface area contributed by atoms with Crippen molar-refractivity contribution in [2.75, 3.05) is 6.61 Å². The van der Waals surface area contributed by atoms with E-state index in [1.807, 2.05) is 59.3 Å². The lowest BCUT2D eigenvalue weighted by Crippen LogP contribution is -2.20. The molecule has 1 saturated carbocycles. The van der Waals surface area contributed by atoms with Crippen LogP contribution in [-0.2, 0) is 13.0 Å². The lowest BCUT2D eigenvalue weighted by Gasteiger charge is -2.22. The predicted octanol–water partition coefficient (Wildman–Crippen LogP) is 4.55. The van der Waals surface area contributed by atoms with Crippen molar-refractivity contribution in [1.82, 2.24) is 24.8 Å². The van der Waals surface area contributed by atoms with Gasteiger partial charge in [-0.05, 0) is 53.5 Å². The van der Waals surface area contributed by atoms with E-state index in [9.17, 15) is 4.79 Å². The topological polar surface area (TPSA) is 74.8 Å². The van der Waals surface area contributed by atoms with Gasteiger partial charge in [-0.15, -0.1) is 5.10 Å². The van der Waals surface area contributed by atoms with E-state index in [1.54, 1.807) is 10.6 Å². The van der Waals surface area contributed by atoms with Gasteiger partial charge in [0, 0.05) is 17.9 Å². The van der Waals surface area contributed by atoms with Crippen LogP contribution in [0.2, 0.25) is 0 Å². The van der Waals surface area contributed by atoms with Crippen molar-refractivity contribution in [3.8, 4) is 5.75 Å². The molecule has 7 nitrogen and oxygen atoms in total. The molecule has 0 atom stereocenters. The number of hydrogen-bond donors (Lipinski definition) is 0. The Kier molecular flexibility index (Phi) is 6.46. The molecule has 0 spiro atoms. The third-order valence-electron chi connectivity index (χ3n) is 6.46. The van der Waals surface area contributed by atoms with E-state index in [0.29, 0.717) is 19.2 Å². The first kappa shape index (κ1) is 21.4. The zero-order chi connectivity index (χ0) is 22.5. The van der Waals surface area contributed by atoms with Crippen LogP contribution in [0.3, 0.4) is 0 Å². The lowest BCUT2D eigenvalue weighted by atomic mass is 9.95. The van der Waals surface area contributed by atoms with Gasteiger partial charge >= 0.3 is 0 Å². The first-order valence-corrected chi connectivity index (χ1v) is 11.9. The third kappa shape index (κ3) is 4.82. The van der Waals surface area contributed by atoms with E-state index in [-0.39, 0.29) is 5.56 Å². The Hall–Kier alpha value is -3.48. The number of fused-ring (bicyclic) bond motifs is 1. The molecule has 0 aliphatic heterocycles. The molecule has 5 rings (SSSR count). The van der Waals surface area contributed by atoms with Gasteiger partial charge in [0.2, 0.25) is 0 Å². The molecule has 0 unspecified atom stereocenters. The highest BCUT2D eigenvalue weighted by Gasteiger charge is 2.19. The molecule has 0 radical (unpaired) electrons. The van der Waals surface area contributed by atoms with Crippen LogP contribution in [0.4, 0.5) is 0 Å². The summed E-state index contributed by atoms with van der Waals surface area (Å²) in [6.45, 7) is 1.10. The van der Waals surface area contributed by atoms with E-state index >= 15 is 0 Å². The highest BCUT2D eigenvalue weighted by molar-refractivity contribution is 5.85. The van der Waals surface area contributed by atoms with Crippen LogP contribution in [0.5, 0.6) is 5.75 Å². The molecule has 0 saturated heterocycles. The summed E-state index contributed by atoms with van der Waals surface area (Å²) in [7, 11) is 0. The fraction of sp³-hybridized carbons (Fsp3) is 0.385. The maximum atomic E-state index is 12.6. The van der Waals surface area contributed by atoms with Gasteiger partial charge in [0.05, 0.1) is 24.7 Å². The Bertz CT molecular complexity index is 1260. The van der Waals surface area contributed by atoms with Crippen LogP contribution in [0, 0.1) is 0 Å². The minimum absolute atomic E-state index is 0.0157. The Morgan fingerprint density at radius 3 is 2.64 bits per heavy atom. The second-order valence-corrected chi connectivity index (χ2v) is 8.72. The third-order valence-corrected chi connectivity index (χ3v) is 6.46. The molecule has 7 heteroatoms. The van der Waals surface area contributed by atoms with Crippen LogP contribution in [0.15, 0.2) is 65.5 Å². The average molecular weight is 444 g/mol. The van der Waals surface area contributed by atoms with Crippen molar-refractivity contribution >= 4 is 10.9 Å². The summed E-state index contributed by atoms with van der Waals surface area (Å²) in [5.74, 6) is 1.74. The number of pyridine rings is 1. The van der Waals surface area contributed by atoms with Crippen LogP contribution in [0.25, 0.3) is 10.9 Å². The van der Waals surface area contributed by atoms with Gasteiger partial charge in [0.15, 0.2) is 5.82 Å². The molecule has 0 bridgehead atoms. The molecule has 1 fully saturated rings. The standard InChI is InChI=1S/C26H29N5O2/c32-26-17-16-22-23(30(26)19-20-9-3-1-4-10-20)13-7-14-24(22)33-18-8-15-25-27-28-29-31(25)21-11-5-2-6-12-21/h1,3-4,7,9-10,13-14,16-17,21H,2,5-6,8,11-12,15,18-19H2. The highest BCUT2D eigenvalue weighted by atomic mass is 16.5. The number of tetrazole rings is 1. The maximum Gasteiger partial charge on any atom is 0.251 e. The van der Waals surface area contributed by atoms with Gasteiger partial charge in [-0.2, -0.15) is 0 Å². The number of nitrogens with zero attached hydrogens (tertiary/aromatic N) is 5. The second kappa shape index (κ2) is 9.98. The monoisotopic (exact) mass is 443 g/mol. The zero-order valence-corrected chi connectivity index (χ0v) is 18.8. The molecule has 2 heterocycles. The van der Waals surface area contributed by atoms with Crippen LogP contribution in [0.1, 0.15) is 56.0 Å². The summed E-state index contributed by atoms with van der Waals surface area (Å²) in [5.41, 5.74) is 1.96. The summed E-state index contributed by atoms with van der Waals surface area (Å²) >= 11 is 0. The van der Waals surface area contributed by atoms with Crippen LogP contribution < -0.4 is 10.3 Å². The Morgan fingerprint density at radius 2 is 1.79 bits per heavy atom. The van der Waals surface area contributed by atoms with Gasteiger partial charge < -0.3 is 9.30 Å². The van der Waals surface area contributed by atoms with Gasteiger partial charge in [0.25, 0.3) is 5.56 Å². The van der Waals surface area contributed by atoms with Gasteiger partial charge in [0.1, 0.15) is 5.75 Å². The maximum absolute atomic E-state index is 12.6. The first-order chi connectivity index (χ1) is 16.3. The van der Waals surface area contributed by atoms with Gasteiger partial charge in [-0.25, -0.2) is 4.68 Å². The molecule has 33 heavy (non-hydrogen) atoms. The van der Waals surface area contributed by atoms with E-state index in [0.717, 1.165) is 53.7 Å². The summed E-state index contributed by atoms with van der Waals surface area (Å²) in [6.07, 6.45) is 7.75. The first-order valence-electron chi connectivity index (χ1n) is 11.9. The fourth-order valence-electron chi connectivity index (χ4n) is 4.75. The fourth-order valence-corrected chi connectivity index (χ4v) is 4.75. The van der Waals surface area contributed by atoms with Gasteiger partial charge in [-0.1, -0.05) is 55.7 Å². The smallest absolute Gasteiger partial charge is 0.251 e. The van der Waals surface area contributed by atoms with Crippen LogP contribution in [-0.4, -0.2) is 31.4 Å². The summed E-state index contributed by atoms with van der Waals surface area (Å²) in [6, 6.07) is 19.8. The van der Waals surface area contributed by atoms with E-state index in [1.165, 1.54) is 19.3 Å². The SMILES string of the molecule is O=c1ccc2c(OCCCc3nnnn3C3CCCCC3)cccc2n1Cc1ccccc1. The molecule has 4 aromatic rings. The van der Waals surface area contributed by atoms with Crippen molar-refractivity contribution < 1.29 is 4.74 Å². The van der Waals surface area contributed by atoms with E-state index in [4.69, 9.17) is 4.74 Å². The van der Waals surface area contributed by atoms with Crippen molar-refractivity contribution in [3.63, 3.8) is 0 Å². The predicted molar refractivity (Wildman–Crippen MR) is 128 cm³/mol. The molecule has 0 amide bonds. The van der Waals surface area contributed by atoms with Crippen LogP contribution >= 0.6 is 0 Å². The molecule has 0 N–H and O–H groups in total. The Morgan fingerprint density at radius 1 is 0.939 bits per heavy atom. The Labute approximate surface area is 193 Å². The van der Waals surface area contributed by atoms with E-state index in [2.05, 4.69) is 15.5 Å². The molecule has 170 valence electrons. The molecule has 2 aromatic heterocycles. The van der Waals surface area contributed by atoms with Crippen molar-refractivity contribution in [1.29, 1.82) is 0 Å². The minimum atomic E-state index is -0.0157. The van der Waals surface area contributed by atoms with Gasteiger partial charge in [-0.3, -0.25) is 4.79 Å². The molecule has 1 aliphatic carbocycles. The molecular formula is C26H29N5O2. The number of rotatable bonds is 8. The normalized spacial score (nSPS) is 14.5. The number of benzene rings is 2. The largest absolute Gasteiger partial charge is 0.493 e. The minimum Gasteiger partial charge on any atom is -0.493 e. The summed E-state index contributed by atoms with van der Waals surface area (Å²) in [5, 5.41) is 13.4. The summed E-state index contributed by atoms with van der Waals surface area (Å²) < 4.78 is 9.98. The average Bonchev–Trinajstić information content (AvgIpc) is 3.33. The van der Waals surface area contributed by atoms with Crippen molar-refractivity contribution in [2.45, 2.75) is 57.5 Å². The Balaban J connectivity index is 1.27. The number of aromatic nitrogens is 5. The molecule has 2 aromatic carbocycles. The van der Waals surface area contributed by atoms with Crippen molar-refractivity contribution in [2.24, 2.45) is 0 Å². The van der Waals surface area contributed by atoms with E-state index < -0.39 is 0 Å².